The fourth-order valence-electron chi connectivity index (χ4n) is 1.78. The number of rotatable bonds is 6. The third-order valence-electron chi connectivity index (χ3n) is 2.84. The second kappa shape index (κ2) is 6.69. The molecule has 19 heavy (non-hydrogen) atoms. The van der Waals surface area contributed by atoms with Gasteiger partial charge in [0.1, 0.15) is 24.7 Å². The average Bonchev–Trinajstić information content (AvgIpc) is 2.45. The molecular formula is C16H19NO2. The normalized spacial score (nSPS) is 10.2. The fraction of sp³-hybridized carbons (Fsp3) is 0.250. The smallest absolute Gasteiger partial charge is 0.142 e. The molecule has 2 rings (SSSR count). The van der Waals surface area contributed by atoms with Gasteiger partial charge in [-0.1, -0.05) is 31.2 Å². The van der Waals surface area contributed by atoms with Crippen LogP contribution < -0.4 is 15.2 Å². The molecule has 3 heteroatoms. The quantitative estimate of drug-likeness (QED) is 0.638. The maximum absolute atomic E-state index is 5.79. The molecule has 0 aromatic heterocycles. The van der Waals surface area contributed by atoms with Crippen molar-refractivity contribution in [2.45, 2.75) is 13.3 Å². The minimum Gasteiger partial charge on any atom is -0.490 e. The lowest BCUT2D eigenvalue weighted by Crippen LogP contribution is -2.09. The minimum atomic E-state index is 0.477. The van der Waals surface area contributed by atoms with Crippen molar-refractivity contribution < 1.29 is 9.47 Å². The van der Waals surface area contributed by atoms with Crippen LogP contribution in [0.2, 0.25) is 0 Å². The first-order chi connectivity index (χ1) is 9.29. The van der Waals surface area contributed by atoms with Gasteiger partial charge in [-0.15, -0.1) is 0 Å². The summed E-state index contributed by atoms with van der Waals surface area (Å²) in [6.45, 7) is 3.10. The second-order valence-electron chi connectivity index (χ2n) is 4.24. The van der Waals surface area contributed by atoms with Crippen LogP contribution in [0.3, 0.4) is 0 Å². The van der Waals surface area contributed by atoms with Crippen LogP contribution in [0.4, 0.5) is 5.69 Å². The molecule has 0 unspecified atom stereocenters. The monoisotopic (exact) mass is 257 g/mol. The highest BCUT2D eigenvalue weighted by Crippen LogP contribution is 2.19. The lowest BCUT2D eigenvalue weighted by molar-refractivity contribution is 0.218. The van der Waals surface area contributed by atoms with Crippen molar-refractivity contribution in [3.63, 3.8) is 0 Å². The van der Waals surface area contributed by atoms with Gasteiger partial charge >= 0.3 is 0 Å². The van der Waals surface area contributed by atoms with Gasteiger partial charge in [0, 0.05) is 0 Å². The first kappa shape index (κ1) is 13.3. The van der Waals surface area contributed by atoms with Gasteiger partial charge < -0.3 is 15.2 Å². The Kier molecular flexibility index (Phi) is 4.67. The van der Waals surface area contributed by atoms with E-state index in [0.29, 0.717) is 24.7 Å². The van der Waals surface area contributed by atoms with Gasteiger partial charge in [-0.05, 0) is 36.2 Å². The third kappa shape index (κ3) is 3.91. The number of nitrogens with two attached hydrogens (primary N) is 1. The number of hydrogen-bond donors (Lipinski definition) is 1. The molecule has 0 spiro atoms. The lowest BCUT2D eigenvalue weighted by Gasteiger charge is -2.10. The van der Waals surface area contributed by atoms with E-state index in [-0.39, 0.29) is 0 Å². The molecular weight excluding hydrogens is 238 g/mol. The number of anilines is 1. The van der Waals surface area contributed by atoms with E-state index in [1.807, 2.05) is 36.4 Å². The van der Waals surface area contributed by atoms with Crippen LogP contribution in [-0.4, -0.2) is 13.2 Å². The fourth-order valence-corrected chi connectivity index (χ4v) is 1.78. The lowest BCUT2D eigenvalue weighted by atomic mass is 10.2. The molecule has 2 aromatic carbocycles. The van der Waals surface area contributed by atoms with Crippen LogP contribution in [0.25, 0.3) is 0 Å². The summed E-state index contributed by atoms with van der Waals surface area (Å²) in [5.74, 6) is 1.58. The molecule has 0 fully saturated rings. The van der Waals surface area contributed by atoms with Gasteiger partial charge in [0.25, 0.3) is 0 Å². The van der Waals surface area contributed by atoms with Crippen LogP contribution in [0.1, 0.15) is 12.5 Å². The van der Waals surface area contributed by atoms with Gasteiger partial charge in [-0.3, -0.25) is 0 Å². The summed E-state index contributed by atoms with van der Waals surface area (Å²) in [5, 5.41) is 0. The van der Waals surface area contributed by atoms with Gasteiger partial charge in [0.05, 0.1) is 5.69 Å². The van der Waals surface area contributed by atoms with E-state index in [1.54, 1.807) is 0 Å². The van der Waals surface area contributed by atoms with E-state index in [1.165, 1.54) is 5.56 Å². The van der Waals surface area contributed by atoms with Crippen molar-refractivity contribution in [3.05, 3.63) is 54.1 Å². The van der Waals surface area contributed by atoms with Gasteiger partial charge in [0.15, 0.2) is 0 Å². The molecule has 0 bridgehead atoms. The van der Waals surface area contributed by atoms with Crippen molar-refractivity contribution in [3.8, 4) is 11.5 Å². The Balaban J connectivity index is 1.79. The molecule has 0 saturated heterocycles. The van der Waals surface area contributed by atoms with E-state index >= 15 is 0 Å². The Hall–Kier alpha value is -2.16. The molecule has 0 aliphatic carbocycles. The summed E-state index contributed by atoms with van der Waals surface area (Å²) in [6, 6.07) is 15.6. The SMILES string of the molecule is CCc1cccc(OCCOc2ccccc2N)c1. The molecule has 2 N–H and O–H groups in total. The predicted molar refractivity (Wildman–Crippen MR) is 77.7 cm³/mol. The zero-order chi connectivity index (χ0) is 13.5. The average molecular weight is 257 g/mol. The van der Waals surface area contributed by atoms with E-state index in [2.05, 4.69) is 19.1 Å². The number of aryl methyl sites for hydroxylation is 1. The summed E-state index contributed by atoms with van der Waals surface area (Å²) >= 11 is 0. The Labute approximate surface area is 114 Å². The topological polar surface area (TPSA) is 44.5 Å². The van der Waals surface area contributed by atoms with Crippen molar-refractivity contribution in [2.24, 2.45) is 0 Å². The highest BCUT2D eigenvalue weighted by molar-refractivity contribution is 5.51. The predicted octanol–water partition coefficient (Wildman–Crippen LogP) is 3.29. The van der Waals surface area contributed by atoms with Gasteiger partial charge in [-0.25, -0.2) is 0 Å². The van der Waals surface area contributed by atoms with Crippen molar-refractivity contribution in [1.29, 1.82) is 0 Å². The van der Waals surface area contributed by atoms with Crippen molar-refractivity contribution >= 4 is 5.69 Å². The van der Waals surface area contributed by atoms with Crippen LogP contribution >= 0.6 is 0 Å². The zero-order valence-electron chi connectivity index (χ0n) is 11.1. The Morgan fingerprint density at radius 2 is 1.74 bits per heavy atom. The summed E-state index contributed by atoms with van der Waals surface area (Å²) in [4.78, 5) is 0. The molecule has 0 aliphatic heterocycles. The first-order valence-electron chi connectivity index (χ1n) is 6.48. The summed E-state index contributed by atoms with van der Waals surface area (Å²) in [7, 11) is 0. The van der Waals surface area contributed by atoms with Crippen molar-refractivity contribution in [2.75, 3.05) is 18.9 Å². The van der Waals surface area contributed by atoms with Gasteiger partial charge in [-0.2, -0.15) is 0 Å². The highest BCUT2D eigenvalue weighted by atomic mass is 16.5. The molecule has 0 radical (unpaired) electrons. The number of para-hydroxylation sites is 2. The minimum absolute atomic E-state index is 0.477. The Morgan fingerprint density at radius 3 is 2.53 bits per heavy atom. The van der Waals surface area contributed by atoms with Gasteiger partial charge in [0.2, 0.25) is 0 Å². The number of hydrogen-bond acceptors (Lipinski definition) is 3. The summed E-state index contributed by atoms with van der Waals surface area (Å²) in [5.41, 5.74) is 7.70. The summed E-state index contributed by atoms with van der Waals surface area (Å²) in [6.07, 6.45) is 1.01. The summed E-state index contributed by atoms with van der Waals surface area (Å²) < 4.78 is 11.2. The standard InChI is InChI=1S/C16H19NO2/c1-2-13-6-5-7-14(12-13)18-10-11-19-16-9-4-3-8-15(16)17/h3-9,12H,2,10-11,17H2,1H3. The molecule has 3 nitrogen and oxygen atoms in total. The Morgan fingerprint density at radius 1 is 0.947 bits per heavy atom. The molecule has 0 aliphatic rings. The van der Waals surface area contributed by atoms with E-state index in [4.69, 9.17) is 15.2 Å². The molecule has 100 valence electrons. The largest absolute Gasteiger partial charge is 0.490 e. The third-order valence-corrected chi connectivity index (χ3v) is 2.84. The van der Waals surface area contributed by atoms with Crippen LogP contribution in [-0.2, 0) is 6.42 Å². The second-order valence-corrected chi connectivity index (χ2v) is 4.24. The Bertz CT molecular complexity index is 526. The van der Waals surface area contributed by atoms with Crippen molar-refractivity contribution in [1.82, 2.24) is 0 Å². The zero-order valence-corrected chi connectivity index (χ0v) is 11.1. The number of nitrogen functional groups attached to an aromatic ring is 1. The maximum atomic E-state index is 5.79. The number of benzene rings is 2. The van der Waals surface area contributed by atoms with E-state index in [0.717, 1.165) is 12.2 Å². The molecule has 0 atom stereocenters. The van der Waals surface area contributed by atoms with Crippen LogP contribution in [0.5, 0.6) is 11.5 Å². The highest BCUT2D eigenvalue weighted by Gasteiger charge is 1.99. The first-order valence-corrected chi connectivity index (χ1v) is 6.48. The molecule has 2 aromatic rings. The van der Waals surface area contributed by atoms with E-state index in [9.17, 15) is 0 Å². The molecule has 0 heterocycles. The van der Waals surface area contributed by atoms with E-state index < -0.39 is 0 Å². The molecule has 0 amide bonds. The molecule has 0 saturated carbocycles. The van der Waals surface area contributed by atoms with Crippen LogP contribution in [0, 0.1) is 0 Å². The maximum Gasteiger partial charge on any atom is 0.142 e. The van der Waals surface area contributed by atoms with Crippen LogP contribution in [0.15, 0.2) is 48.5 Å². The number of ether oxygens (including phenoxy) is 2.